The Morgan fingerprint density at radius 2 is 1.70 bits per heavy atom. The van der Waals surface area contributed by atoms with Gasteiger partial charge in [-0.05, 0) is 12.3 Å². The van der Waals surface area contributed by atoms with E-state index < -0.39 is 17.9 Å². The largest absolute Gasteiger partial charge is 0.481 e. The van der Waals surface area contributed by atoms with E-state index in [1.165, 1.54) is 18.9 Å². The smallest absolute Gasteiger partial charge is 0.308 e. The lowest BCUT2D eigenvalue weighted by molar-refractivity contribution is -0.143. The number of nitrogens with zero attached hydrogens (tertiary/aromatic N) is 1. The molecule has 0 aromatic heterocycles. The monoisotopic (exact) mass is 286 g/mol. The van der Waals surface area contributed by atoms with E-state index in [-0.39, 0.29) is 23.8 Å². The topological polar surface area (TPSA) is 86.7 Å². The molecule has 116 valence electrons. The maximum Gasteiger partial charge on any atom is 0.308 e. The zero-order chi connectivity index (χ0) is 16.1. The second-order valence-electron chi connectivity index (χ2n) is 6.48. The minimum atomic E-state index is -0.950. The summed E-state index contributed by atoms with van der Waals surface area (Å²) in [6, 6.07) is -0.657. The number of hydrogen-bond donors (Lipinski definition) is 2. The first-order valence-corrected chi connectivity index (χ1v) is 6.71. The van der Waals surface area contributed by atoms with E-state index in [1.807, 2.05) is 20.8 Å². The van der Waals surface area contributed by atoms with Crippen molar-refractivity contribution in [2.75, 3.05) is 13.6 Å². The van der Waals surface area contributed by atoms with Crippen LogP contribution in [0.15, 0.2) is 0 Å². The highest BCUT2D eigenvalue weighted by atomic mass is 16.4. The number of carbonyl (C=O) groups is 3. The molecule has 0 aliphatic carbocycles. The van der Waals surface area contributed by atoms with Gasteiger partial charge in [-0.25, -0.2) is 0 Å². The van der Waals surface area contributed by atoms with Gasteiger partial charge in [-0.1, -0.05) is 27.7 Å². The molecular formula is C14H26N2O4. The second-order valence-corrected chi connectivity index (χ2v) is 6.48. The van der Waals surface area contributed by atoms with Crippen LogP contribution in [-0.2, 0) is 14.4 Å². The second kappa shape index (κ2) is 7.26. The van der Waals surface area contributed by atoms with Crippen LogP contribution in [0, 0.1) is 11.3 Å². The predicted molar refractivity (Wildman–Crippen MR) is 76.1 cm³/mol. The van der Waals surface area contributed by atoms with E-state index in [0.717, 1.165) is 0 Å². The molecule has 0 spiro atoms. The van der Waals surface area contributed by atoms with E-state index in [2.05, 4.69) is 5.32 Å². The van der Waals surface area contributed by atoms with Crippen molar-refractivity contribution in [1.29, 1.82) is 0 Å². The summed E-state index contributed by atoms with van der Waals surface area (Å²) < 4.78 is 0. The number of amides is 2. The van der Waals surface area contributed by atoms with Crippen molar-refractivity contribution in [2.45, 2.75) is 47.1 Å². The zero-order valence-corrected chi connectivity index (χ0v) is 13.2. The lowest BCUT2D eigenvalue weighted by Crippen LogP contribution is -2.47. The fourth-order valence-corrected chi connectivity index (χ4v) is 1.75. The molecule has 0 aromatic rings. The van der Waals surface area contributed by atoms with E-state index >= 15 is 0 Å². The summed E-state index contributed by atoms with van der Waals surface area (Å²) in [6.07, 6.45) is 0.333. The highest BCUT2D eigenvalue weighted by Crippen LogP contribution is 2.17. The Kier molecular flexibility index (Phi) is 6.68. The van der Waals surface area contributed by atoms with Crippen LogP contribution < -0.4 is 5.32 Å². The van der Waals surface area contributed by atoms with Crippen molar-refractivity contribution < 1.29 is 19.5 Å². The molecule has 2 atom stereocenters. The van der Waals surface area contributed by atoms with Gasteiger partial charge in [0, 0.05) is 20.0 Å². The Morgan fingerprint density at radius 3 is 2.10 bits per heavy atom. The number of nitrogens with one attached hydrogen (secondary N) is 1. The van der Waals surface area contributed by atoms with Crippen LogP contribution >= 0.6 is 0 Å². The number of carbonyl (C=O) groups excluding carboxylic acids is 2. The minimum absolute atomic E-state index is 0.119. The normalized spacial score (nSPS) is 14.3. The number of rotatable bonds is 6. The van der Waals surface area contributed by atoms with Gasteiger partial charge in [-0.2, -0.15) is 0 Å². The third-order valence-corrected chi connectivity index (χ3v) is 2.78. The Morgan fingerprint density at radius 1 is 1.20 bits per heavy atom. The molecule has 0 saturated carbocycles. The highest BCUT2D eigenvalue weighted by Gasteiger charge is 2.24. The van der Waals surface area contributed by atoms with Crippen LogP contribution in [0.2, 0.25) is 0 Å². The van der Waals surface area contributed by atoms with Gasteiger partial charge in [0.1, 0.15) is 6.04 Å². The minimum Gasteiger partial charge on any atom is -0.481 e. The lowest BCUT2D eigenvalue weighted by atomic mass is 9.92. The van der Waals surface area contributed by atoms with Crippen LogP contribution in [0.4, 0.5) is 0 Å². The van der Waals surface area contributed by atoms with Crippen LogP contribution in [-0.4, -0.2) is 47.4 Å². The summed E-state index contributed by atoms with van der Waals surface area (Å²) in [7, 11) is 1.54. The van der Waals surface area contributed by atoms with Crippen molar-refractivity contribution in [2.24, 2.45) is 11.3 Å². The Bertz CT molecular complexity index is 374. The lowest BCUT2D eigenvalue weighted by Gasteiger charge is -2.25. The maximum atomic E-state index is 12.0. The van der Waals surface area contributed by atoms with Gasteiger partial charge in [-0.3, -0.25) is 14.4 Å². The van der Waals surface area contributed by atoms with Gasteiger partial charge >= 0.3 is 5.97 Å². The summed E-state index contributed by atoms with van der Waals surface area (Å²) in [5, 5.41) is 11.5. The Labute approximate surface area is 120 Å². The molecule has 20 heavy (non-hydrogen) atoms. The molecule has 2 amide bonds. The average molecular weight is 286 g/mol. The quantitative estimate of drug-likeness (QED) is 0.765. The summed E-state index contributed by atoms with van der Waals surface area (Å²) >= 11 is 0. The maximum absolute atomic E-state index is 12.0. The van der Waals surface area contributed by atoms with Crippen molar-refractivity contribution in [1.82, 2.24) is 10.2 Å². The van der Waals surface area contributed by atoms with E-state index in [1.54, 1.807) is 6.92 Å². The van der Waals surface area contributed by atoms with Crippen LogP contribution in [0.5, 0.6) is 0 Å². The van der Waals surface area contributed by atoms with Gasteiger partial charge < -0.3 is 15.3 Å². The van der Waals surface area contributed by atoms with Crippen LogP contribution in [0.25, 0.3) is 0 Å². The molecule has 0 saturated heterocycles. The summed E-state index contributed by atoms with van der Waals surface area (Å²) in [6.45, 7) is 9.09. The zero-order valence-electron chi connectivity index (χ0n) is 13.2. The van der Waals surface area contributed by atoms with Gasteiger partial charge in [0.2, 0.25) is 11.8 Å². The molecule has 6 nitrogen and oxygen atoms in total. The molecule has 0 radical (unpaired) electrons. The molecule has 0 rings (SSSR count). The molecular weight excluding hydrogens is 260 g/mol. The Hall–Kier alpha value is -1.59. The Balaban J connectivity index is 4.40. The predicted octanol–water partition coefficient (Wildman–Crippen LogP) is 1.11. The molecule has 0 fully saturated rings. The van der Waals surface area contributed by atoms with Crippen LogP contribution in [0.1, 0.15) is 41.0 Å². The number of carboxylic acids is 1. The fraction of sp³-hybridized carbons (Fsp3) is 0.786. The summed E-state index contributed by atoms with van der Waals surface area (Å²) in [5.41, 5.74) is -0.142. The first-order valence-electron chi connectivity index (χ1n) is 6.71. The van der Waals surface area contributed by atoms with Crippen molar-refractivity contribution in [3.05, 3.63) is 0 Å². The number of aliphatic carboxylic acids is 1. The number of likely N-dealkylation sites (N-methyl/N-ethyl adjacent to an activating group) is 1. The molecule has 0 aliphatic heterocycles. The summed E-state index contributed by atoms with van der Waals surface area (Å²) in [4.78, 5) is 35.9. The molecule has 0 bridgehead atoms. The molecule has 0 heterocycles. The van der Waals surface area contributed by atoms with E-state index in [4.69, 9.17) is 5.11 Å². The van der Waals surface area contributed by atoms with Gasteiger partial charge in [-0.15, -0.1) is 0 Å². The first-order chi connectivity index (χ1) is 8.94. The fourth-order valence-electron chi connectivity index (χ4n) is 1.75. The van der Waals surface area contributed by atoms with Crippen molar-refractivity contribution in [3.63, 3.8) is 0 Å². The average Bonchev–Trinajstić information content (AvgIpc) is 2.24. The standard InChI is InChI=1S/C14H26N2O4/c1-9(13(19)20)8-16(6)12(18)10(2)15-11(17)7-14(3,4)5/h9-10H,7-8H2,1-6H3,(H,15,17)(H,19,20). The first kappa shape index (κ1) is 18.4. The van der Waals surface area contributed by atoms with Crippen LogP contribution in [0.3, 0.4) is 0 Å². The van der Waals surface area contributed by atoms with E-state index in [0.29, 0.717) is 6.42 Å². The summed E-state index contributed by atoms with van der Waals surface area (Å²) in [5.74, 6) is -2.06. The van der Waals surface area contributed by atoms with Gasteiger partial charge in [0.15, 0.2) is 0 Å². The number of carboxylic acid groups (broad SMARTS) is 1. The highest BCUT2D eigenvalue weighted by molar-refractivity contribution is 5.87. The van der Waals surface area contributed by atoms with E-state index in [9.17, 15) is 14.4 Å². The van der Waals surface area contributed by atoms with Gasteiger partial charge in [0.25, 0.3) is 0 Å². The van der Waals surface area contributed by atoms with Crippen molar-refractivity contribution >= 4 is 17.8 Å². The van der Waals surface area contributed by atoms with Gasteiger partial charge in [0.05, 0.1) is 5.92 Å². The SMILES string of the molecule is CC(CN(C)C(=O)C(C)NC(=O)CC(C)(C)C)C(=O)O. The number of hydrogen-bond acceptors (Lipinski definition) is 3. The molecule has 2 unspecified atom stereocenters. The molecule has 6 heteroatoms. The third kappa shape index (κ3) is 7.11. The third-order valence-electron chi connectivity index (χ3n) is 2.78. The van der Waals surface area contributed by atoms with Crippen molar-refractivity contribution in [3.8, 4) is 0 Å². The molecule has 0 aromatic carbocycles. The molecule has 0 aliphatic rings. The molecule has 2 N–H and O–H groups in total.